The second-order valence-corrected chi connectivity index (χ2v) is 6.54. The Balaban J connectivity index is 1.90. The van der Waals surface area contributed by atoms with E-state index in [0.29, 0.717) is 19.1 Å². The van der Waals surface area contributed by atoms with Crippen molar-refractivity contribution in [3.63, 3.8) is 0 Å². The average Bonchev–Trinajstić information content (AvgIpc) is 2.72. The van der Waals surface area contributed by atoms with E-state index in [1.807, 2.05) is 21.1 Å². The van der Waals surface area contributed by atoms with Crippen molar-refractivity contribution >= 4 is 6.03 Å². The van der Waals surface area contributed by atoms with Crippen molar-refractivity contribution in [1.82, 2.24) is 25.3 Å². The maximum atomic E-state index is 12.2. The minimum Gasteiger partial charge on any atom is -0.336 e. The molecule has 2 N–H and O–H groups in total. The number of aromatic nitrogens is 2. The van der Waals surface area contributed by atoms with Gasteiger partial charge in [0.05, 0.1) is 12.2 Å². The van der Waals surface area contributed by atoms with E-state index < -0.39 is 0 Å². The topological polar surface area (TPSA) is 64.3 Å². The van der Waals surface area contributed by atoms with Crippen LogP contribution in [0.2, 0.25) is 0 Å². The molecule has 6 nitrogen and oxygen atoms in total. The Morgan fingerprint density at radius 3 is 2.73 bits per heavy atom. The molecule has 124 valence electrons. The number of carbonyl (C=O) groups excluding carboxylic acids is 1. The Bertz CT molecular complexity index is 497. The van der Waals surface area contributed by atoms with Gasteiger partial charge in [0.2, 0.25) is 0 Å². The number of hydrogen-bond acceptors (Lipinski definition) is 3. The summed E-state index contributed by atoms with van der Waals surface area (Å²) < 4.78 is 0. The van der Waals surface area contributed by atoms with Crippen LogP contribution in [0.15, 0.2) is 0 Å². The van der Waals surface area contributed by atoms with Crippen molar-refractivity contribution < 1.29 is 4.79 Å². The van der Waals surface area contributed by atoms with Crippen molar-refractivity contribution in [2.75, 3.05) is 27.7 Å². The Morgan fingerprint density at radius 2 is 2.00 bits per heavy atom. The molecule has 1 aliphatic rings. The largest absolute Gasteiger partial charge is 0.336 e. The molecule has 2 rings (SSSR count). The van der Waals surface area contributed by atoms with Gasteiger partial charge < -0.3 is 15.1 Å². The molecule has 0 saturated heterocycles. The van der Waals surface area contributed by atoms with Gasteiger partial charge in [-0.2, -0.15) is 5.10 Å². The summed E-state index contributed by atoms with van der Waals surface area (Å²) in [6.45, 7) is 3.30. The molecule has 0 fully saturated rings. The molecule has 0 radical (unpaired) electrons. The Morgan fingerprint density at radius 1 is 1.27 bits per heavy atom. The number of urea groups is 1. The summed E-state index contributed by atoms with van der Waals surface area (Å²) in [7, 11) is 5.85. The molecule has 6 heteroatoms. The predicted molar refractivity (Wildman–Crippen MR) is 87.9 cm³/mol. The van der Waals surface area contributed by atoms with Gasteiger partial charge in [0.25, 0.3) is 0 Å². The lowest BCUT2D eigenvalue weighted by Gasteiger charge is -2.23. The van der Waals surface area contributed by atoms with Crippen molar-refractivity contribution in [2.24, 2.45) is 0 Å². The van der Waals surface area contributed by atoms with Crippen molar-refractivity contribution in [3.8, 4) is 0 Å². The van der Waals surface area contributed by atoms with E-state index in [1.165, 1.54) is 30.5 Å². The number of fused-ring (bicyclic) bond motifs is 1. The number of carbonyl (C=O) groups is 1. The summed E-state index contributed by atoms with van der Waals surface area (Å²) >= 11 is 0. The van der Waals surface area contributed by atoms with E-state index in [-0.39, 0.29) is 6.03 Å². The van der Waals surface area contributed by atoms with Crippen LogP contribution in [0.4, 0.5) is 4.79 Å². The molecule has 22 heavy (non-hydrogen) atoms. The molecule has 0 saturated carbocycles. The molecule has 0 unspecified atom stereocenters. The zero-order valence-electron chi connectivity index (χ0n) is 14.3. The van der Waals surface area contributed by atoms with Gasteiger partial charge in [-0.1, -0.05) is 6.42 Å². The third-order valence-corrected chi connectivity index (χ3v) is 4.56. The SMILES string of the molecule is C[C@H](CNC(=O)N(C)Cc1n[nH]c2c1CCCCC2)N(C)C. The second kappa shape index (κ2) is 7.63. The number of likely N-dealkylation sites (N-methyl/N-ethyl adjacent to an activating group) is 1. The zero-order valence-corrected chi connectivity index (χ0v) is 14.3. The fraction of sp³-hybridized carbons (Fsp3) is 0.750. The van der Waals surface area contributed by atoms with Crippen molar-refractivity contribution in [3.05, 3.63) is 17.0 Å². The lowest BCUT2D eigenvalue weighted by Crippen LogP contribution is -2.43. The number of H-pyrrole nitrogens is 1. The first-order valence-corrected chi connectivity index (χ1v) is 8.19. The van der Waals surface area contributed by atoms with E-state index in [4.69, 9.17) is 0 Å². The van der Waals surface area contributed by atoms with E-state index in [9.17, 15) is 4.79 Å². The quantitative estimate of drug-likeness (QED) is 0.815. The van der Waals surface area contributed by atoms with Gasteiger partial charge in [0.15, 0.2) is 0 Å². The highest BCUT2D eigenvalue weighted by Gasteiger charge is 2.19. The molecule has 1 atom stereocenters. The molecule has 1 aromatic heterocycles. The third kappa shape index (κ3) is 4.22. The Labute approximate surface area is 133 Å². The minimum atomic E-state index is -0.0425. The molecule has 1 aromatic rings. The van der Waals surface area contributed by atoms with Crippen molar-refractivity contribution in [2.45, 2.75) is 51.6 Å². The standard InChI is InChI=1S/C16H29N5O/c1-12(20(2)3)10-17-16(22)21(4)11-15-13-8-6-5-7-9-14(13)18-19-15/h12H,5-11H2,1-4H3,(H,17,22)(H,18,19)/t12-/m1/s1. The molecule has 0 aliphatic heterocycles. The van der Waals surface area contributed by atoms with Gasteiger partial charge in [-0.25, -0.2) is 4.79 Å². The van der Waals surface area contributed by atoms with Crippen LogP contribution in [0.1, 0.15) is 43.1 Å². The molecular formula is C16H29N5O. The van der Waals surface area contributed by atoms with Crippen LogP contribution in [0, 0.1) is 0 Å². The summed E-state index contributed by atoms with van der Waals surface area (Å²) in [6.07, 6.45) is 5.89. The fourth-order valence-corrected chi connectivity index (χ4v) is 2.71. The number of hydrogen-bond donors (Lipinski definition) is 2. The van der Waals surface area contributed by atoms with E-state index in [1.54, 1.807) is 4.90 Å². The molecule has 0 aromatic carbocycles. The molecule has 0 bridgehead atoms. The number of nitrogens with zero attached hydrogens (tertiary/aromatic N) is 3. The molecule has 1 aliphatic carbocycles. The molecule has 1 heterocycles. The first-order chi connectivity index (χ1) is 10.5. The van der Waals surface area contributed by atoms with Gasteiger partial charge in [-0.3, -0.25) is 5.10 Å². The van der Waals surface area contributed by atoms with Crippen LogP contribution >= 0.6 is 0 Å². The van der Waals surface area contributed by atoms with Gasteiger partial charge in [-0.05, 0) is 52.3 Å². The van der Waals surface area contributed by atoms with E-state index in [2.05, 4.69) is 27.3 Å². The smallest absolute Gasteiger partial charge is 0.317 e. The van der Waals surface area contributed by atoms with E-state index in [0.717, 1.165) is 18.5 Å². The van der Waals surface area contributed by atoms with Crippen LogP contribution in [0.25, 0.3) is 0 Å². The lowest BCUT2D eigenvalue weighted by atomic mass is 10.1. The van der Waals surface area contributed by atoms with E-state index >= 15 is 0 Å². The number of aromatic amines is 1. The van der Waals surface area contributed by atoms with Gasteiger partial charge in [0, 0.05) is 25.3 Å². The maximum Gasteiger partial charge on any atom is 0.317 e. The summed E-state index contributed by atoms with van der Waals surface area (Å²) in [4.78, 5) is 16.0. The Hall–Kier alpha value is -1.56. The highest BCUT2D eigenvalue weighted by molar-refractivity contribution is 5.73. The average molecular weight is 307 g/mol. The van der Waals surface area contributed by atoms with Crippen molar-refractivity contribution in [1.29, 1.82) is 0 Å². The van der Waals surface area contributed by atoms with Crippen LogP contribution < -0.4 is 5.32 Å². The van der Waals surface area contributed by atoms with Gasteiger partial charge in [0.1, 0.15) is 0 Å². The summed E-state index contributed by atoms with van der Waals surface area (Å²) in [5.41, 5.74) is 3.62. The predicted octanol–water partition coefficient (Wildman–Crippen LogP) is 1.77. The van der Waals surface area contributed by atoms with Gasteiger partial charge >= 0.3 is 6.03 Å². The minimum absolute atomic E-state index is 0.0425. The normalized spacial score (nSPS) is 16.0. The molecule has 2 amide bonds. The zero-order chi connectivity index (χ0) is 16.1. The fourth-order valence-electron chi connectivity index (χ4n) is 2.71. The first-order valence-electron chi connectivity index (χ1n) is 8.19. The summed E-state index contributed by atoms with van der Waals surface area (Å²) in [5.74, 6) is 0. The number of amides is 2. The highest BCUT2D eigenvalue weighted by atomic mass is 16.2. The lowest BCUT2D eigenvalue weighted by molar-refractivity contribution is 0.201. The van der Waals surface area contributed by atoms with Crippen LogP contribution in [-0.2, 0) is 19.4 Å². The van der Waals surface area contributed by atoms with Gasteiger partial charge in [-0.15, -0.1) is 0 Å². The monoisotopic (exact) mass is 307 g/mol. The number of aryl methyl sites for hydroxylation is 1. The number of rotatable bonds is 5. The summed E-state index contributed by atoms with van der Waals surface area (Å²) in [5, 5.41) is 10.6. The number of nitrogens with one attached hydrogen (secondary N) is 2. The third-order valence-electron chi connectivity index (χ3n) is 4.56. The second-order valence-electron chi connectivity index (χ2n) is 6.54. The van der Waals surface area contributed by atoms with Crippen LogP contribution in [-0.4, -0.2) is 59.8 Å². The summed E-state index contributed by atoms with van der Waals surface area (Å²) in [6, 6.07) is 0.276. The Kier molecular flexibility index (Phi) is 5.83. The molecular weight excluding hydrogens is 278 g/mol. The van der Waals surface area contributed by atoms with Crippen LogP contribution in [0.5, 0.6) is 0 Å². The molecule has 0 spiro atoms. The highest BCUT2D eigenvalue weighted by Crippen LogP contribution is 2.22. The first kappa shape index (κ1) is 16.8. The van der Waals surface area contributed by atoms with Crippen LogP contribution in [0.3, 0.4) is 0 Å². The maximum absolute atomic E-state index is 12.2.